The van der Waals surface area contributed by atoms with Crippen molar-refractivity contribution in [3.8, 4) is 0 Å². The molecule has 1 aromatic rings. The number of fused-ring (bicyclic) bond motifs is 1. The lowest BCUT2D eigenvalue weighted by molar-refractivity contribution is -0.125. The van der Waals surface area contributed by atoms with Gasteiger partial charge in [-0.1, -0.05) is 33.6 Å². The van der Waals surface area contributed by atoms with E-state index in [-0.39, 0.29) is 5.91 Å². The number of piperidine rings is 2. The molecule has 2 atom stereocenters. The number of halogens is 2. The van der Waals surface area contributed by atoms with E-state index in [0.29, 0.717) is 18.4 Å². The summed E-state index contributed by atoms with van der Waals surface area (Å²) in [6.07, 6.45) is 2.74. The smallest absolute Gasteiger partial charge is 0.220 e. The van der Waals surface area contributed by atoms with Crippen molar-refractivity contribution in [3.05, 3.63) is 33.3 Å². The lowest BCUT2D eigenvalue weighted by Crippen LogP contribution is -2.53. The molecule has 0 radical (unpaired) electrons. The first kappa shape index (κ1) is 14.4. The van der Waals surface area contributed by atoms with Crippen LogP contribution in [0.3, 0.4) is 0 Å². The molecule has 108 valence electrons. The molecule has 1 N–H and O–H groups in total. The summed E-state index contributed by atoms with van der Waals surface area (Å²) in [6, 6.07) is 6.45. The molecule has 0 saturated carbocycles. The van der Waals surface area contributed by atoms with Gasteiger partial charge in [-0.2, -0.15) is 0 Å². The maximum atomic E-state index is 11.4. The van der Waals surface area contributed by atoms with E-state index in [4.69, 9.17) is 11.6 Å². The van der Waals surface area contributed by atoms with Crippen molar-refractivity contribution in [3.63, 3.8) is 0 Å². The van der Waals surface area contributed by atoms with E-state index in [9.17, 15) is 4.79 Å². The van der Waals surface area contributed by atoms with Crippen LogP contribution in [0.2, 0.25) is 5.02 Å². The molecule has 1 aromatic carbocycles. The van der Waals surface area contributed by atoms with Gasteiger partial charge in [0.15, 0.2) is 0 Å². The number of nitrogens with zero attached hydrogens (tertiary/aromatic N) is 1. The first-order valence-corrected chi connectivity index (χ1v) is 8.24. The van der Waals surface area contributed by atoms with Gasteiger partial charge in [0, 0.05) is 41.6 Å². The first-order chi connectivity index (χ1) is 9.61. The summed E-state index contributed by atoms with van der Waals surface area (Å²) < 4.78 is 1.01. The summed E-state index contributed by atoms with van der Waals surface area (Å²) in [4.78, 5) is 13.9. The number of rotatable bonds is 2. The molecule has 2 saturated heterocycles. The Morgan fingerprint density at radius 2 is 2.25 bits per heavy atom. The second kappa shape index (κ2) is 6.04. The summed E-state index contributed by atoms with van der Waals surface area (Å²) in [6.45, 7) is 2.97. The Kier molecular flexibility index (Phi) is 4.34. The standard InChI is InChI=1S/C15H18BrClN2O/c16-12-3-1-10(13(17)7-12)8-19-6-5-14-11(9-19)2-4-15(20)18-14/h1,3,7,11,14H,2,4-6,8-9H2,(H,18,20). The van der Waals surface area contributed by atoms with E-state index in [1.54, 1.807) is 0 Å². The average Bonchev–Trinajstić information content (AvgIpc) is 2.42. The van der Waals surface area contributed by atoms with Gasteiger partial charge < -0.3 is 5.32 Å². The predicted octanol–water partition coefficient (Wildman–Crippen LogP) is 3.20. The minimum Gasteiger partial charge on any atom is -0.353 e. The number of likely N-dealkylation sites (tertiary alicyclic amines) is 1. The zero-order chi connectivity index (χ0) is 14.1. The van der Waals surface area contributed by atoms with Gasteiger partial charge in [0.05, 0.1) is 0 Å². The molecule has 0 bridgehead atoms. The van der Waals surface area contributed by atoms with Crippen LogP contribution in [-0.2, 0) is 11.3 Å². The SMILES string of the molecule is O=C1CCC2CN(Cc3ccc(Br)cc3Cl)CCC2N1. The lowest BCUT2D eigenvalue weighted by Gasteiger charge is -2.41. The largest absolute Gasteiger partial charge is 0.353 e. The summed E-state index contributed by atoms with van der Waals surface area (Å²) in [5.41, 5.74) is 1.17. The van der Waals surface area contributed by atoms with E-state index in [2.05, 4.69) is 32.2 Å². The normalized spacial score (nSPS) is 27.0. The fourth-order valence-corrected chi connectivity index (χ4v) is 3.95. The Morgan fingerprint density at radius 1 is 1.40 bits per heavy atom. The third-order valence-electron chi connectivity index (χ3n) is 4.32. The summed E-state index contributed by atoms with van der Waals surface area (Å²) in [5.74, 6) is 0.811. The van der Waals surface area contributed by atoms with Gasteiger partial charge in [-0.15, -0.1) is 0 Å². The highest BCUT2D eigenvalue weighted by Crippen LogP contribution is 2.28. The molecule has 2 fully saturated rings. The highest BCUT2D eigenvalue weighted by Gasteiger charge is 2.33. The van der Waals surface area contributed by atoms with Gasteiger partial charge in [-0.25, -0.2) is 0 Å². The molecule has 2 unspecified atom stereocenters. The molecule has 3 rings (SSSR count). The molecule has 0 spiro atoms. The molecule has 3 nitrogen and oxygen atoms in total. The maximum Gasteiger partial charge on any atom is 0.220 e. The van der Waals surface area contributed by atoms with E-state index >= 15 is 0 Å². The topological polar surface area (TPSA) is 32.3 Å². The van der Waals surface area contributed by atoms with Gasteiger partial charge in [-0.05, 0) is 36.5 Å². The summed E-state index contributed by atoms with van der Waals surface area (Å²) in [7, 11) is 0. The number of carbonyl (C=O) groups is 1. The molecule has 2 aliphatic heterocycles. The van der Waals surface area contributed by atoms with Crippen molar-refractivity contribution in [2.45, 2.75) is 31.8 Å². The Balaban J connectivity index is 1.63. The van der Waals surface area contributed by atoms with Crippen LogP contribution in [0, 0.1) is 5.92 Å². The van der Waals surface area contributed by atoms with E-state index < -0.39 is 0 Å². The fourth-order valence-electron chi connectivity index (χ4n) is 3.22. The third kappa shape index (κ3) is 3.18. The van der Waals surface area contributed by atoms with Crippen LogP contribution in [-0.4, -0.2) is 29.9 Å². The number of hydrogen-bond acceptors (Lipinski definition) is 2. The van der Waals surface area contributed by atoms with E-state index in [1.165, 1.54) is 5.56 Å². The monoisotopic (exact) mass is 356 g/mol. The van der Waals surface area contributed by atoms with Crippen LogP contribution in [0.25, 0.3) is 0 Å². The van der Waals surface area contributed by atoms with Gasteiger partial charge in [-0.3, -0.25) is 9.69 Å². The van der Waals surface area contributed by atoms with Crippen LogP contribution in [0.1, 0.15) is 24.8 Å². The van der Waals surface area contributed by atoms with Crippen LogP contribution >= 0.6 is 27.5 Å². The number of nitrogens with one attached hydrogen (secondary N) is 1. The Hall–Kier alpha value is -0.580. The van der Waals surface area contributed by atoms with Crippen LogP contribution in [0.5, 0.6) is 0 Å². The minimum absolute atomic E-state index is 0.218. The molecule has 1 amide bonds. The number of amides is 1. The summed E-state index contributed by atoms with van der Waals surface area (Å²) >= 11 is 9.73. The first-order valence-electron chi connectivity index (χ1n) is 7.07. The third-order valence-corrected chi connectivity index (χ3v) is 5.16. The molecule has 0 aliphatic carbocycles. The van der Waals surface area contributed by atoms with Gasteiger partial charge in [0.2, 0.25) is 5.91 Å². The van der Waals surface area contributed by atoms with Crippen molar-refractivity contribution in [1.29, 1.82) is 0 Å². The fraction of sp³-hybridized carbons (Fsp3) is 0.533. The van der Waals surface area contributed by atoms with Crippen molar-refractivity contribution < 1.29 is 4.79 Å². The summed E-state index contributed by atoms with van der Waals surface area (Å²) in [5, 5.41) is 3.94. The van der Waals surface area contributed by atoms with Crippen LogP contribution < -0.4 is 5.32 Å². The Morgan fingerprint density at radius 3 is 3.05 bits per heavy atom. The predicted molar refractivity (Wildman–Crippen MR) is 83.7 cm³/mol. The molecular weight excluding hydrogens is 340 g/mol. The Labute approximate surface area is 132 Å². The van der Waals surface area contributed by atoms with Gasteiger partial charge in [0.25, 0.3) is 0 Å². The molecule has 5 heteroatoms. The minimum atomic E-state index is 0.218. The van der Waals surface area contributed by atoms with Crippen molar-refractivity contribution in [2.24, 2.45) is 5.92 Å². The number of hydrogen-bond donors (Lipinski definition) is 1. The van der Waals surface area contributed by atoms with Gasteiger partial charge >= 0.3 is 0 Å². The molecule has 2 aliphatic rings. The second-order valence-electron chi connectivity index (χ2n) is 5.73. The van der Waals surface area contributed by atoms with Crippen molar-refractivity contribution in [1.82, 2.24) is 10.2 Å². The molecule has 0 aromatic heterocycles. The highest BCUT2D eigenvalue weighted by molar-refractivity contribution is 9.10. The average molecular weight is 358 g/mol. The molecular formula is C15H18BrClN2O. The van der Waals surface area contributed by atoms with Crippen LogP contribution in [0.4, 0.5) is 0 Å². The molecule has 2 heterocycles. The number of benzene rings is 1. The highest BCUT2D eigenvalue weighted by atomic mass is 79.9. The van der Waals surface area contributed by atoms with E-state index in [1.807, 2.05) is 12.1 Å². The van der Waals surface area contributed by atoms with Crippen molar-refractivity contribution >= 4 is 33.4 Å². The van der Waals surface area contributed by atoms with Crippen molar-refractivity contribution in [2.75, 3.05) is 13.1 Å². The zero-order valence-corrected chi connectivity index (χ0v) is 13.6. The van der Waals surface area contributed by atoms with Gasteiger partial charge in [0.1, 0.15) is 0 Å². The van der Waals surface area contributed by atoms with Crippen LogP contribution in [0.15, 0.2) is 22.7 Å². The number of carbonyl (C=O) groups excluding carboxylic acids is 1. The quantitative estimate of drug-likeness (QED) is 0.881. The lowest BCUT2D eigenvalue weighted by atomic mass is 9.85. The molecule has 20 heavy (non-hydrogen) atoms. The Bertz CT molecular complexity index is 523. The van der Waals surface area contributed by atoms with E-state index in [0.717, 1.165) is 42.0 Å². The maximum absolute atomic E-state index is 11.4. The zero-order valence-electron chi connectivity index (χ0n) is 11.2. The second-order valence-corrected chi connectivity index (χ2v) is 7.06.